The summed E-state index contributed by atoms with van der Waals surface area (Å²) in [4.78, 5) is 0. The number of hydrogen-bond donors (Lipinski definition) is 1. The zero-order valence-electron chi connectivity index (χ0n) is 7.32. The monoisotopic (exact) mass is 249 g/mol. The zero-order chi connectivity index (χ0) is 10.7. The number of alkyl halides is 1. The smallest absolute Gasteiger partial charge is 0.225 e. The largest absolute Gasteiger partial charge is 0.229 e. The molecule has 0 bridgehead atoms. The maximum atomic E-state index is 10.9. The predicted molar refractivity (Wildman–Crippen MR) is 51.9 cm³/mol. The molecule has 0 aliphatic carbocycles. The van der Waals surface area contributed by atoms with Crippen molar-refractivity contribution >= 4 is 31.5 Å². The highest BCUT2D eigenvalue weighted by Crippen LogP contribution is 1.95. The lowest BCUT2D eigenvalue weighted by Crippen LogP contribution is -2.37. The molecule has 0 saturated heterocycles. The van der Waals surface area contributed by atoms with Crippen LogP contribution in [0.25, 0.3) is 0 Å². The summed E-state index contributed by atoms with van der Waals surface area (Å²) < 4.78 is 45.3. The molecule has 8 heteroatoms. The molecule has 5 nitrogen and oxygen atoms in total. The van der Waals surface area contributed by atoms with E-state index < -0.39 is 31.1 Å². The molecule has 0 amide bonds. The van der Waals surface area contributed by atoms with Crippen LogP contribution < -0.4 is 4.72 Å². The third-order valence-corrected chi connectivity index (χ3v) is 4.09. The van der Waals surface area contributed by atoms with Crippen LogP contribution >= 0.6 is 11.6 Å². The van der Waals surface area contributed by atoms with Crippen molar-refractivity contribution in [2.24, 2.45) is 0 Å². The Morgan fingerprint density at radius 1 is 1.31 bits per heavy atom. The van der Waals surface area contributed by atoms with Gasteiger partial charge in [0.15, 0.2) is 0 Å². The van der Waals surface area contributed by atoms with E-state index in [0.29, 0.717) is 0 Å². The zero-order valence-corrected chi connectivity index (χ0v) is 9.71. The van der Waals surface area contributed by atoms with E-state index in [0.717, 1.165) is 6.26 Å². The highest BCUT2D eigenvalue weighted by molar-refractivity contribution is 7.91. The van der Waals surface area contributed by atoms with Crippen molar-refractivity contribution in [1.82, 2.24) is 4.72 Å². The van der Waals surface area contributed by atoms with Gasteiger partial charge >= 0.3 is 0 Å². The van der Waals surface area contributed by atoms with Gasteiger partial charge in [0.05, 0.1) is 5.75 Å². The summed E-state index contributed by atoms with van der Waals surface area (Å²) in [7, 11) is -6.71. The van der Waals surface area contributed by atoms with E-state index >= 15 is 0 Å². The Labute approximate surface area is 83.4 Å². The first-order valence-corrected chi connectivity index (χ1v) is 7.65. The first-order chi connectivity index (χ1) is 5.66. The molecule has 0 rings (SSSR count). The molecule has 0 aromatic carbocycles. The van der Waals surface area contributed by atoms with E-state index in [9.17, 15) is 16.8 Å². The van der Waals surface area contributed by atoms with Crippen LogP contribution in [0.15, 0.2) is 0 Å². The second-order valence-corrected chi connectivity index (χ2v) is 7.36. The predicted octanol–water partition coefficient (Wildman–Crippen LogP) is -0.465. The molecular weight excluding hydrogens is 238 g/mol. The molecule has 0 heterocycles. The lowest BCUT2D eigenvalue weighted by atomic mass is 10.4. The fraction of sp³-hybridized carbons (Fsp3) is 1.00. The maximum absolute atomic E-state index is 10.9. The number of halogens is 1. The van der Waals surface area contributed by atoms with Crippen molar-refractivity contribution in [3.63, 3.8) is 0 Å². The second kappa shape index (κ2) is 4.59. The minimum atomic E-state index is -3.54. The van der Waals surface area contributed by atoms with Gasteiger partial charge in [-0.3, -0.25) is 0 Å². The number of nitrogens with one attached hydrogen (secondary N) is 1. The van der Waals surface area contributed by atoms with E-state index in [1.807, 2.05) is 0 Å². The van der Waals surface area contributed by atoms with Crippen LogP contribution in [0, 0.1) is 0 Å². The fourth-order valence-corrected chi connectivity index (χ4v) is 2.87. The number of rotatable bonds is 5. The minimum absolute atomic E-state index is 0.233. The SMILES string of the molecule is CC(CS(C)(=O)=O)NS(=O)(=O)CCl. The normalized spacial score (nSPS) is 15.6. The van der Waals surface area contributed by atoms with Crippen molar-refractivity contribution in [1.29, 1.82) is 0 Å². The van der Waals surface area contributed by atoms with Crippen LogP contribution in [0.1, 0.15) is 6.92 Å². The molecule has 1 atom stereocenters. The van der Waals surface area contributed by atoms with Crippen LogP contribution in [-0.2, 0) is 19.9 Å². The molecule has 0 radical (unpaired) electrons. The van der Waals surface area contributed by atoms with Crippen molar-refractivity contribution in [2.45, 2.75) is 13.0 Å². The topological polar surface area (TPSA) is 80.3 Å². The summed E-state index contributed by atoms with van der Waals surface area (Å²) in [5.74, 6) is -0.233. The van der Waals surface area contributed by atoms with Gasteiger partial charge in [-0.2, -0.15) is 0 Å². The van der Waals surface area contributed by atoms with Crippen LogP contribution in [-0.4, -0.2) is 40.1 Å². The second-order valence-electron chi connectivity index (χ2n) is 2.84. The average Bonchev–Trinajstić information content (AvgIpc) is 1.81. The lowest BCUT2D eigenvalue weighted by Gasteiger charge is -2.10. The molecular formula is C5H12ClNO4S2. The van der Waals surface area contributed by atoms with Gasteiger partial charge in [0, 0.05) is 12.3 Å². The van der Waals surface area contributed by atoms with Gasteiger partial charge in [-0.1, -0.05) is 0 Å². The van der Waals surface area contributed by atoms with Gasteiger partial charge in [0.25, 0.3) is 0 Å². The van der Waals surface area contributed by atoms with Crippen molar-refractivity contribution in [3.05, 3.63) is 0 Å². The van der Waals surface area contributed by atoms with Crippen LogP contribution in [0.3, 0.4) is 0 Å². The molecule has 0 fully saturated rings. The van der Waals surface area contributed by atoms with Gasteiger partial charge in [0.2, 0.25) is 10.0 Å². The molecule has 1 N–H and O–H groups in total. The molecule has 0 aliphatic rings. The maximum Gasteiger partial charge on any atom is 0.225 e. The molecule has 0 saturated carbocycles. The third-order valence-electron chi connectivity index (χ3n) is 1.08. The highest BCUT2D eigenvalue weighted by Gasteiger charge is 2.16. The molecule has 0 aromatic rings. The molecule has 0 aliphatic heterocycles. The van der Waals surface area contributed by atoms with E-state index in [2.05, 4.69) is 4.72 Å². The van der Waals surface area contributed by atoms with Gasteiger partial charge in [0.1, 0.15) is 15.0 Å². The Balaban J connectivity index is 4.27. The third kappa shape index (κ3) is 7.24. The van der Waals surface area contributed by atoms with Crippen molar-refractivity contribution < 1.29 is 16.8 Å². The average molecular weight is 250 g/mol. The number of sulfone groups is 1. The van der Waals surface area contributed by atoms with Crippen LogP contribution in [0.5, 0.6) is 0 Å². The van der Waals surface area contributed by atoms with Crippen LogP contribution in [0.2, 0.25) is 0 Å². The first kappa shape index (κ1) is 13.2. The van der Waals surface area contributed by atoms with Gasteiger partial charge in [-0.05, 0) is 6.92 Å². The standard InChI is InChI=1S/C5H12ClNO4S2/c1-5(3-12(2,8)9)7-13(10,11)4-6/h5,7H,3-4H2,1-2H3. The minimum Gasteiger partial charge on any atom is -0.229 e. The lowest BCUT2D eigenvalue weighted by molar-refractivity contribution is 0.568. The quantitative estimate of drug-likeness (QED) is 0.669. The Bertz CT molecular complexity index is 347. The summed E-state index contributed by atoms with van der Waals surface area (Å²) in [6.07, 6.45) is 1.04. The van der Waals surface area contributed by atoms with Crippen molar-refractivity contribution in [2.75, 3.05) is 17.2 Å². The van der Waals surface area contributed by atoms with Gasteiger partial charge in [-0.25, -0.2) is 21.6 Å². The van der Waals surface area contributed by atoms with Crippen molar-refractivity contribution in [3.8, 4) is 0 Å². The molecule has 13 heavy (non-hydrogen) atoms. The van der Waals surface area contributed by atoms with Crippen LogP contribution in [0.4, 0.5) is 0 Å². The molecule has 0 aromatic heterocycles. The Kier molecular flexibility index (Phi) is 4.64. The highest BCUT2D eigenvalue weighted by atomic mass is 35.5. The Morgan fingerprint density at radius 3 is 2.08 bits per heavy atom. The summed E-state index contributed by atoms with van der Waals surface area (Å²) >= 11 is 5.11. The molecule has 0 spiro atoms. The molecule has 80 valence electrons. The van der Waals surface area contributed by atoms with E-state index in [1.165, 1.54) is 6.92 Å². The van der Waals surface area contributed by atoms with Gasteiger partial charge in [-0.15, -0.1) is 11.6 Å². The van der Waals surface area contributed by atoms with E-state index in [1.54, 1.807) is 0 Å². The van der Waals surface area contributed by atoms with Gasteiger partial charge < -0.3 is 0 Å². The number of sulfonamides is 1. The molecule has 1 unspecified atom stereocenters. The Morgan fingerprint density at radius 2 is 1.77 bits per heavy atom. The fourth-order valence-electron chi connectivity index (χ4n) is 0.826. The Hall–Kier alpha value is 0.150. The first-order valence-electron chi connectivity index (χ1n) is 3.40. The summed E-state index contributed by atoms with van der Waals surface area (Å²) in [6, 6.07) is -0.654. The van der Waals surface area contributed by atoms with E-state index in [-0.39, 0.29) is 5.75 Å². The van der Waals surface area contributed by atoms with E-state index in [4.69, 9.17) is 11.6 Å². The number of hydrogen-bond acceptors (Lipinski definition) is 4. The summed E-state index contributed by atoms with van der Waals surface area (Å²) in [5, 5.41) is -0.568. The summed E-state index contributed by atoms with van der Waals surface area (Å²) in [6.45, 7) is 1.46. The summed E-state index contributed by atoms with van der Waals surface area (Å²) in [5.41, 5.74) is 0.